The minimum atomic E-state index is -1.13. The minimum absolute atomic E-state index is 0.0990. The van der Waals surface area contributed by atoms with Gasteiger partial charge >= 0.3 is 5.97 Å². The molecule has 2 N–H and O–H groups in total. The van der Waals surface area contributed by atoms with Crippen molar-refractivity contribution >= 4 is 16.9 Å². The number of pyridine rings is 2. The Labute approximate surface area is 140 Å². The van der Waals surface area contributed by atoms with Crippen LogP contribution in [0.25, 0.3) is 27.8 Å². The van der Waals surface area contributed by atoms with Gasteiger partial charge in [0.1, 0.15) is 11.4 Å². The molecule has 8 heteroatoms. The smallest absolute Gasteiger partial charge is 0.354 e. The van der Waals surface area contributed by atoms with E-state index < -0.39 is 5.97 Å². The highest BCUT2D eigenvalue weighted by Crippen LogP contribution is 2.18. The zero-order valence-corrected chi connectivity index (χ0v) is 12.7. The van der Waals surface area contributed by atoms with Gasteiger partial charge in [0.25, 0.3) is 5.56 Å². The molecular weight excluding hydrogens is 322 g/mol. The van der Waals surface area contributed by atoms with Crippen molar-refractivity contribution in [2.24, 2.45) is 0 Å². The predicted molar refractivity (Wildman–Crippen MR) is 89.7 cm³/mol. The highest BCUT2D eigenvalue weighted by atomic mass is 16.4. The number of nitrogens with one attached hydrogen (secondary N) is 1. The van der Waals surface area contributed by atoms with E-state index in [9.17, 15) is 9.59 Å². The van der Waals surface area contributed by atoms with Crippen LogP contribution in [0.15, 0.2) is 59.7 Å². The number of rotatable bonds is 3. The van der Waals surface area contributed by atoms with E-state index >= 15 is 0 Å². The van der Waals surface area contributed by atoms with Crippen LogP contribution in [0.4, 0.5) is 0 Å². The summed E-state index contributed by atoms with van der Waals surface area (Å²) in [7, 11) is 0. The molecule has 122 valence electrons. The van der Waals surface area contributed by atoms with Crippen LogP contribution in [0.5, 0.6) is 0 Å². The summed E-state index contributed by atoms with van der Waals surface area (Å²) < 4.78 is 1.40. The van der Waals surface area contributed by atoms with Crippen LogP contribution in [0.1, 0.15) is 10.5 Å². The molecule has 0 fully saturated rings. The average molecular weight is 333 g/mol. The maximum absolute atomic E-state index is 12.3. The Hall–Kier alpha value is -3.81. The van der Waals surface area contributed by atoms with Crippen LogP contribution >= 0.6 is 0 Å². The average Bonchev–Trinajstić information content (AvgIpc) is 3.11. The number of hydrogen-bond acceptors (Lipinski definition) is 5. The number of carbonyl (C=O) groups is 1. The van der Waals surface area contributed by atoms with Gasteiger partial charge in [0, 0.05) is 11.7 Å². The first-order valence-corrected chi connectivity index (χ1v) is 7.36. The molecular formula is C17H11N5O3. The van der Waals surface area contributed by atoms with Crippen LogP contribution in [0, 0.1) is 0 Å². The van der Waals surface area contributed by atoms with Gasteiger partial charge in [-0.3, -0.25) is 4.79 Å². The fourth-order valence-corrected chi connectivity index (χ4v) is 2.53. The fourth-order valence-electron chi connectivity index (χ4n) is 2.53. The summed E-state index contributed by atoms with van der Waals surface area (Å²) in [5.41, 5.74) is 1.63. The number of carboxylic acids is 1. The summed E-state index contributed by atoms with van der Waals surface area (Å²) in [4.78, 5) is 29.9. The molecule has 0 spiro atoms. The first-order valence-electron chi connectivity index (χ1n) is 7.36. The topological polar surface area (TPSA) is 114 Å². The number of aromatic carboxylic acids is 1. The lowest BCUT2D eigenvalue weighted by atomic mass is 10.1. The third-order valence-corrected chi connectivity index (χ3v) is 3.75. The third kappa shape index (κ3) is 2.65. The standard InChI is InChI=1S/C17H11N5O3/c23-16-12(7-10-3-1-2-4-13(10)19-16)15-9-22(21-20-15)11-5-6-18-14(8-11)17(24)25/h1-9H,(H,19,23)(H,24,25). The Balaban J connectivity index is 1.79. The van der Waals surface area contributed by atoms with Gasteiger partial charge in [-0.15, -0.1) is 5.10 Å². The molecule has 3 heterocycles. The number of nitrogens with zero attached hydrogens (tertiary/aromatic N) is 4. The number of benzene rings is 1. The molecule has 0 aliphatic rings. The van der Waals surface area contributed by atoms with E-state index in [-0.39, 0.29) is 11.3 Å². The molecule has 8 nitrogen and oxygen atoms in total. The summed E-state index contributed by atoms with van der Waals surface area (Å²) in [6, 6.07) is 12.2. The van der Waals surface area contributed by atoms with Crippen molar-refractivity contribution in [3.05, 3.63) is 70.9 Å². The Morgan fingerprint density at radius 3 is 2.84 bits per heavy atom. The maximum Gasteiger partial charge on any atom is 0.354 e. The molecule has 1 aromatic carbocycles. The lowest BCUT2D eigenvalue weighted by Crippen LogP contribution is -2.08. The van der Waals surface area contributed by atoms with Crippen LogP contribution < -0.4 is 5.56 Å². The fraction of sp³-hybridized carbons (Fsp3) is 0. The van der Waals surface area contributed by atoms with Gasteiger partial charge in [-0.2, -0.15) is 0 Å². The monoisotopic (exact) mass is 333 g/mol. The minimum Gasteiger partial charge on any atom is -0.477 e. The second-order valence-electron chi connectivity index (χ2n) is 5.35. The van der Waals surface area contributed by atoms with Crippen LogP contribution in [0.2, 0.25) is 0 Å². The van der Waals surface area contributed by atoms with E-state index in [2.05, 4.69) is 20.3 Å². The largest absolute Gasteiger partial charge is 0.477 e. The number of carboxylic acid groups (broad SMARTS) is 1. The van der Waals surface area contributed by atoms with Gasteiger partial charge < -0.3 is 10.1 Å². The van der Waals surface area contributed by atoms with Crippen LogP contribution in [0.3, 0.4) is 0 Å². The van der Waals surface area contributed by atoms with Crippen molar-refractivity contribution in [3.63, 3.8) is 0 Å². The first kappa shape index (κ1) is 14.8. The zero-order valence-electron chi connectivity index (χ0n) is 12.7. The third-order valence-electron chi connectivity index (χ3n) is 3.75. The molecule has 0 saturated heterocycles. The van der Waals surface area contributed by atoms with Crippen molar-refractivity contribution in [1.82, 2.24) is 25.0 Å². The summed E-state index contributed by atoms with van der Waals surface area (Å²) >= 11 is 0. The molecule has 0 amide bonds. The van der Waals surface area contributed by atoms with Crippen molar-refractivity contribution < 1.29 is 9.90 Å². The van der Waals surface area contributed by atoms with Gasteiger partial charge in [-0.1, -0.05) is 23.4 Å². The normalized spacial score (nSPS) is 10.9. The Bertz CT molecular complexity index is 1160. The number of aromatic nitrogens is 5. The van der Waals surface area contributed by atoms with Gasteiger partial charge in [0.05, 0.1) is 17.4 Å². The molecule has 4 aromatic rings. The van der Waals surface area contributed by atoms with E-state index in [0.29, 0.717) is 16.9 Å². The van der Waals surface area contributed by atoms with Gasteiger partial charge in [0.15, 0.2) is 0 Å². The molecule has 0 aliphatic carbocycles. The highest BCUT2D eigenvalue weighted by molar-refractivity contribution is 5.86. The van der Waals surface area contributed by atoms with E-state index in [0.717, 1.165) is 10.9 Å². The second kappa shape index (κ2) is 5.68. The molecule has 0 saturated carbocycles. The predicted octanol–water partition coefficient (Wildman–Crippen LogP) is 1.87. The summed E-state index contributed by atoms with van der Waals surface area (Å²) in [5, 5.41) is 17.9. The summed E-state index contributed by atoms with van der Waals surface area (Å²) in [6.07, 6.45) is 2.95. The van der Waals surface area contributed by atoms with E-state index in [4.69, 9.17) is 5.11 Å². The lowest BCUT2D eigenvalue weighted by molar-refractivity contribution is 0.0690. The van der Waals surface area contributed by atoms with Crippen molar-refractivity contribution in [1.29, 1.82) is 0 Å². The van der Waals surface area contributed by atoms with E-state index in [1.54, 1.807) is 18.3 Å². The molecule has 0 unspecified atom stereocenters. The summed E-state index contributed by atoms with van der Waals surface area (Å²) in [5.74, 6) is -1.13. The van der Waals surface area contributed by atoms with Crippen molar-refractivity contribution in [2.45, 2.75) is 0 Å². The molecule has 0 bridgehead atoms. The molecule has 0 atom stereocenters. The van der Waals surface area contributed by atoms with Gasteiger partial charge in [-0.05, 0) is 29.7 Å². The number of aromatic amines is 1. The SMILES string of the molecule is O=C(O)c1cc(-n2cc(-c3cc4ccccc4[nH]c3=O)nn2)ccn1. The molecule has 4 rings (SSSR count). The van der Waals surface area contributed by atoms with E-state index in [1.165, 1.54) is 16.9 Å². The Kier molecular flexibility index (Phi) is 3.35. The Morgan fingerprint density at radius 2 is 2.00 bits per heavy atom. The maximum atomic E-state index is 12.3. The number of hydrogen-bond donors (Lipinski definition) is 2. The number of fused-ring (bicyclic) bond motifs is 1. The molecule has 25 heavy (non-hydrogen) atoms. The summed E-state index contributed by atoms with van der Waals surface area (Å²) in [6.45, 7) is 0. The second-order valence-corrected chi connectivity index (χ2v) is 5.35. The quantitative estimate of drug-likeness (QED) is 0.591. The molecule has 0 aliphatic heterocycles. The number of H-pyrrole nitrogens is 1. The number of para-hydroxylation sites is 1. The van der Waals surface area contributed by atoms with Crippen molar-refractivity contribution in [3.8, 4) is 16.9 Å². The lowest BCUT2D eigenvalue weighted by Gasteiger charge is -2.01. The van der Waals surface area contributed by atoms with Crippen molar-refractivity contribution in [2.75, 3.05) is 0 Å². The zero-order chi connectivity index (χ0) is 17.4. The van der Waals surface area contributed by atoms with Crippen LogP contribution in [-0.2, 0) is 0 Å². The molecule has 3 aromatic heterocycles. The van der Waals surface area contributed by atoms with E-state index in [1.807, 2.05) is 24.3 Å². The van der Waals surface area contributed by atoms with Gasteiger partial charge in [0.2, 0.25) is 0 Å². The van der Waals surface area contributed by atoms with Crippen LogP contribution in [-0.4, -0.2) is 36.0 Å². The highest BCUT2D eigenvalue weighted by Gasteiger charge is 2.12. The Morgan fingerprint density at radius 1 is 1.16 bits per heavy atom. The van der Waals surface area contributed by atoms with Gasteiger partial charge in [-0.25, -0.2) is 14.5 Å². The first-order chi connectivity index (χ1) is 12.1. The molecule has 0 radical (unpaired) electrons.